The average Bonchev–Trinajstić information content (AvgIpc) is 2.30. The van der Waals surface area contributed by atoms with E-state index in [1.54, 1.807) is 0 Å². The van der Waals surface area contributed by atoms with Gasteiger partial charge in [-0.05, 0) is 24.1 Å². The molecule has 0 spiro atoms. The van der Waals surface area contributed by atoms with Gasteiger partial charge in [0.15, 0.2) is 0 Å². The molecule has 2 N–H and O–H groups in total. The van der Waals surface area contributed by atoms with Gasteiger partial charge in [0.05, 0.1) is 13.2 Å². The third kappa shape index (κ3) is 2.26. The van der Waals surface area contributed by atoms with Gasteiger partial charge >= 0.3 is 0 Å². The number of ether oxygens (including phenoxy) is 1. The van der Waals surface area contributed by atoms with Gasteiger partial charge in [-0.1, -0.05) is 31.2 Å². The van der Waals surface area contributed by atoms with Crippen LogP contribution in [-0.2, 0) is 16.9 Å². The van der Waals surface area contributed by atoms with Crippen molar-refractivity contribution in [2.45, 2.75) is 25.6 Å². The number of rotatable bonds is 4. The van der Waals surface area contributed by atoms with Gasteiger partial charge in [-0.3, -0.25) is 0 Å². The highest BCUT2D eigenvalue weighted by molar-refractivity contribution is 5.34. The fourth-order valence-electron chi connectivity index (χ4n) is 2.13. The molecule has 2 rings (SSSR count). The zero-order valence-corrected chi connectivity index (χ0v) is 9.70. The summed E-state index contributed by atoms with van der Waals surface area (Å²) >= 11 is 0. The van der Waals surface area contributed by atoms with Crippen LogP contribution in [0.4, 0.5) is 0 Å². The fourth-order valence-corrected chi connectivity index (χ4v) is 2.13. The van der Waals surface area contributed by atoms with Crippen LogP contribution in [0.2, 0.25) is 0 Å². The largest absolute Gasteiger partial charge is 0.381 e. The number of benzene rings is 1. The van der Waals surface area contributed by atoms with E-state index >= 15 is 0 Å². The van der Waals surface area contributed by atoms with Crippen molar-refractivity contribution in [1.29, 1.82) is 0 Å². The Hall–Kier alpha value is -0.900. The molecule has 0 amide bonds. The Morgan fingerprint density at radius 1 is 1.44 bits per heavy atom. The topological polar surface area (TPSA) is 41.5 Å². The molecule has 1 aromatic rings. The van der Waals surface area contributed by atoms with Gasteiger partial charge < -0.3 is 15.2 Å². The van der Waals surface area contributed by atoms with E-state index in [-0.39, 0.29) is 0 Å². The molecule has 0 saturated carbocycles. The van der Waals surface area contributed by atoms with Crippen molar-refractivity contribution in [2.75, 3.05) is 19.7 Å². The summed E-state index contributed by atoms with van der Waals surface area (Å²) in [5, 5.41) is 13.8. The van der Waals surface area contributed by atoms with E-state index in [0.29, 0.717) is 19.8 Å². The van der Waals surface area contributed by atoms with E-state index in [1.165, 1.54) is 0 Å². The smallest absolute Gasteiger partial charge is 0.126 e. The highest BCUT2D eigenvalue weighted by atomic mass is 16.5. The highest BCUT2D eigenvalue weighted by Crippen LogP contribution is 2.29. The second-order valence-corrected chi connectivity index (χ2v) is 4.36. The van der Waals surface area contributed by atoms with E-state index < -0.39 is 5.60 Å². The maximum Gasteiger partial charge on any atom is 0.126 e. The Morgan fingerprint density at radius 3 is 3.06 bits per heavy atom. The quantitative estimate of drug-likeness (QED) is 0.755. The summed E-state index contributed by atoms with van der Waals surface area (Å²) in [5.74, 6) is 0. The first-order chi connectivity index (χ1) is 7.76. The standard InChI is InChI=1S/C13H19NO2/c1-2-7-14-9-13(15)10-16-8-11-5-3-4-6-12(11)13/h3-6,14-15H,2,7-10H2,1H3. The van der Waals surface area contributed by atoms with Gasteiger partial charge in [-0.2, -0.15) is 0 Å². The molecule has 88 valence electrons. The molecule has 1 aromatic carbocycles. The summed E-state index contributed by atoms with van der Waals surface area (Å²) in [6, 6.07) is 7.95. The normalized spacial score (nSPS) is 24.1. The Labute approximate surface area is 96.4 Å². The molecule has 3 nitrogen and oxygen atoms in total. The molecule has 1 aliphatic rings. The molecule has 0 fully saturated rings. The van der Waals surface area contributed by atoms with E-state index in [4.69, 9.17) is 4.74 Å². The van der Waals surface area contributed by atoms with Gasteiger partial charge in [0, 0.05) is 6.54 Å². The van der Waals surface area contributed by atoms with Crippen LogP contribution in [0.25, 0.3) is 0 Å². The van der Waals surface area contributed by atoms with Crippen LogP contribution < -0.4 is 5.32 Å². The molecule has 16 heavy (non-hydrogen) atoms. The summed E-state index contributed by atoms with van der Waals surface area (Å²) in [6.45, 7) is 4.57. The van der Waals surface area contributed by atoms with E-state index in [0.717, 1.165) is 24.1 Å². The third-order valence-electron chi connectivity index (χ3n) is 2.96. The maximum absolute atomic E-state index is 10.6. The number of hydrogen-bond acceptors (Lipinski definition) is 3. The van der Waals surface area contributed by atoms with Crippen molar-refractivity contribution in [2.24, 2.45) is 0 Å². The molecule has 0 aliphatic carbocycles. The van der Waals surface area contributed by atoms with Crippen LogP contribution >= 0.6 is 0 Å². The minimum atomic E-state index is -0.871. The molecular weight excluding hydrogens is 202 g/mol. The SMILES string of the molecule is CCCNCC1(O)COCc2ccccc21. The van der Waals surface area contributed by atoms with E-state index in [9.17, 15) is 5.11 Å². The number of hydrogen-bond donors (Lipinski definition) is 2. The van der Waals surface area contributed by atoms with Gasteiger partial charge in [0.1, 0.15) is 5.60 Å². The van der Waals surface area contributed by atoms with Crippen LogP contribution in [0.5, 0.6) is 0 Å². The zero-order chi connectivity index (χ0) is 11.4. The fraction of sp³-hybridized carbons (Fsp3) is 0.538. The highest BCUT2D eigenvalue weighted by Gasteiger charge is 2.34. The first kappa shape index (κ1) is 11.6. The molecule has 3 heteroatoms. The van der Waals surface area contributed by atoms with Crippen molar-refractivity contribution in [1.82, 2.24) is 5.32 Å². The lowest BCUT2D eigenvalue weighted by Crippen LogP contribution is -2.45. The first-order valence-electron chi connectivity index (χ1n) is 5.85. The molecule has 1 aliphatic heterocycles. The molecule has 0 aromatic heterocycles. The minimum Gasteiger partial charge on any atom is -0.381 e. The summed E-state index contributed by atoms with van der Waals surface area (Å²) in [4.78, 5) is 0. The lowest BCUT2D eigenvalue weighted by molar-refractivity contribution is -0.0711. The lowest BCUT2D eigenvalue weighted by Gasteiger charge is -2.34. The molecule has 0 radical (unpaired) electrons. The Morgan fingerprint density at radius 2 is 2.25 bits per heavy atom. The Kier molecular flexibility index (Phi) is 3.59. The summed E-state index contributed by atoms with van der Waals surface area (Å²) in [6.07, 6.45) is 1.07. The van der Waals surface area contributed by atoms with Crippen LogP contribution in [0.1, 0.15) is 24.5 Å². The summed E-state index contributed by atoms with van der Waals surface area (Å²) in [7, 11) is 0. The summed E-state index contributed by atoms with van der Waals surface area (Å²) < 4.78 is 5.45. The molecule has 0 bridgehead atoms. The van der Waals surface area contributed by atoms with Crippen molar-refractivity contribution in [3.05, 3.63) is 35.4 Å². The number of aliphatic hydroxyl groups is 1. The van der Waals surface area contributed by atoms with Crippen molar-refractivity contribution in [3.63, 3.8) is 0 Å². The van der Waals surface area contributed by atoms with E-state index in [1.807, 2.05) is 24.3 Å². The molecule has 1 atom stereocenters. The van der Waals surface area contributed by atoms with Gasteiger partial charge in [-0.25, -0.2) is 0 Å². The predicted octanol–water partition coefficient (Wildman–Crippen LogP) is 1.40. The predicted molar refractivity (Wildman–Crippen MR) is 63.2 cm³/mol. The van der Waals surface area contributed by atoms with Crippen LogP contribution in [0.15, 0.2) is 24.3 Å². The molecule has 1 unspecified atom stereocenters. The van der Waals surface area contributed by atoms with E-state index in [2.05, 4.69) is 12.2 Å². The molecule has 0 saturated heterocycles. The number of nitrogens with one attached hydrogen (secondary N) is 1. The van der Waals surface area contributed by atoms with Crippen molar-refractivity contribution in [3.8, 4) is 0 Å². The van der Waals surface area contributed by atoms with Gasteiger partial charge in [0.2, 0.25) is 0 Å². The van der Waals surface area contributed by atoms with Gasteiger partial charge in [0.25, 0.3) is 0 Å². The van der Waals surface area contributed by atoms with Gasteiger partial charge in [-0.15, -0.1) is 0 Å². The lowest BCUT2D eigenvalue weighted by atomic mass is 9.88. The van der Waals surface area contributed by atoms with Crippen molar-refractivity contribution >= 4 is 0 Å². The first-order valence-corrected chi connectivity index (χ1v) is 5.85. The monoisotopic (exact) mass is 221 g/mol. The minimum absolute atomic E-state index is 0.376. The maximum atomic E-state index is 10.6. The third-order valence-corrected chi connectivity index (χ3v) is 2.96. The Balaban J connectivity index is 2.16. The number of fused-ring (bicyclic) bond motifs is 1. The van der Waals surface area contributed by atoms with Crippen LogP contribution in [0, 0.1) is 0 Å². The summed E-state index contributed by atoms with van der Waals surface area (Å²) in [5.41, 5.74) is 1.23. The Bertz CT molecular complexity index is 354. The average molecular weight is 221 g/mol. The zero-order valence-electron chi connectivity index (χ0n) is 9.70. The van der Waals surface area contributed by atoms with Crippen LogP contribution in [0.3, 0.4) is 0 Å². The molecular formula is C13H19NO2. The van der Waals surface area contributed by atoms with Crippen LogP contribution in [-0.4, -0.2) is 24.8 Å². The second-order valence-electron chi connectivity index (χ2n) is 4.36. The van der Waals surface area contributed by atoms with Crippen molar-refractivity contribution < 1.29 is 9.84 Å². The second kappa shape index (κ2) is 4.95. The molecule has 1 heterocycles.